The van der Waals surface area contributed by atoms with E-state index >= 15 is 0 Å². The second kappa shape index (κ2) is 27.6. The standard InChI is InChI=1S/C37H69N/c1-4-6-8-10-12-14-16-17-18-19-20-21-23-25-27-29-35-38(37-32-30-36(3)31-33-37)34-28-26-24-22-15-13-11-9-7-5-2/h30-33H,4-29,34-35H2,1-3H3. The summed E-state index contributed by atoms with van der Waals surface area (Å²) >= 11 is 0. The first-order valence-electron chi connectivity index (χ1n) is 17.6. The molecule has 38 heavy (non-hydrogen) atoms. The molecular weight excluding hydrogens is 458 g/mol. The molecule has 0 spiro atoms. The summed E-state index contributed by atoms with van der Waals surface area (Å²) in [5.74, 6) is 0. The van der Waals surface area contributed by atoms with Crippen LogP contribution in [0.5, 0.6) is 0 Å². The summed E-state index contributed by atoms with van der Waals surface area (Å²) in [5, 5.41) is 0. The molecule has 0 unspecified atom stereocenters. The molecule has 0 bridgehead atoms. The van der Waals surface area contributed by atoms with Crippen molar-refractivity contribution in [2.45, 2.75) is 188 Å². The molecule has 0 heterocycles. The minimum absolute atomic E-state index is 1.23. The minimum atomic E-state index is 1.23. The van der Waals surface area contributed by atoms with Gasteiger partial charge in [-0.05, 0) is 31.9 Å². The smallest absolute Gasteiger partial charge is 0.0366 e. The minimum Gasteiger partial charge on any atom is -0.372 e. The lowest BCUT2D eigenvalue weighted by atomic mass is 10.0. The first kappa shape index (κ1) is 35.0. The average Bonchev–Trinajstić information content (AvgIpc) is 2.93. The molecule has 1 aromatic carbocycles. The zero-order valence-electron chi connectivity index (χ0n) is 26.6. The van der Waals surface area contributed by atoms with Crippen molar-refractivity contribution in [1.29, 1.82) is 0 Å². The summed E-state index contributed by atoms with van der Waals surface area (Å²) < 4.78 is 0. The van der Waals surface area contributed by atoms with Gasteiger partial charge in [0, 0.05) is 18.8 Å². The topological polar surface area (TPSA) is 3.24 Å². The molecule has 0 N–H and O–H groups in total. The zero-order valence-corrected chi connectivity index (χ0v) is 26.6. The van der Waals surface area contributed by atoms with Crippen molar-refractivity contribution >= 4 is 5.69 Å². The molecule has 0 radical (unpaired) electrons. The van der Waals surface area contributed by atoms with Gasteiger partial charge >= 0.3 is 0 Å². The second-order valence-corrected chi connectivity index (χ2v) is 12.3. The van der Waals surface area contributed by atoms with Crippen molar-refractivity contribution in [2.24, 2.45) is 0 Å². The molecule has 1 aromatic rings. The van der Waals surface area contributed by atoms with Crippen molar-refractivity contribution in [2.75, 3.05) is 18.0 Å². The van der Waals surface area contributed by atoms with E-state index in [0.29, 0.717) is 0 Å². The van der Waals surface area contributed by atoms with Gasteiger partial charge in [-0.25, -0.2) is 0 Å². The highest BCUT2D eigenvalue weighted by molar-refractivity contribution is 5.47. The number of nitrogens with zero attached hydrogens (tertiary/aromatic N) is 1. The van der Waals surface area contributed by atoms with Gasteiger partial charge in [0.2, 0.25) is 0 Å². The number of anilines is 1. The summed E-state index contributed by atoms with van der Waals surface area (Å²) in [7, 11) is 0. The van der Waals surface area contributed by atoms with Gasteiger partial charge in [0.1, 0.15) is 0 Å². The third kappa shape index (κ3) is 21.9. The maximum absolute atomic E-state index is 2.67. The molecule has 222 valence electrons. The zero-order chi connectivity index (χ0) is 27.4. The summed E-state index contributed by atoms with van der Waals surface area (Å²) in [6, 6.07) is 9.26. The highest BCUT2D eigenvalue weighted by Gasteiger charge is 2.06. The lowest BCUT2D eigenvalue weighted by molar-refractivity contribution is 0.527. The van der Waals surface area contributed by atoms with Crippen LogP contribution < -0.4 is 4.90 Å². The van der Waals surface area contributed by atoms with E-state index in [-0.39, 0.29) is 0 Å². The van der Waals surface area contributed by atoms with Crippen LogP contribution in [0, 0.1) is 6.92 Å². The molecule has 0 saturated carbocycles. The first-order chi connectivity index (χ1) is 18.8. The van der Waals surface area contributed by atoms with Crippen LogP contribution in [0.2, 0.25) is 0 Å². The molecule has 0 aliphatic heterocycles. The summed E-state index contributed by atoms with van der Waals surface area (Å²) in [4.78, 5) is 2.67. The fourth-order valence-electron chi connectivity index (χ4n) is 5.77. The third-order valence-electron chi connectivity index (χ3n) is 8.46. The van der Waals surface area contributed by atoms with E-state index in [0.717, 1.165) is 0 Å². The van der Waals surface area contributed by atoms with Gasteiger partial charge in [0.25, 0.3) is 0 Å². The van der Waals surface area contributed by atoms with Gasteiger partial charge in [-0.1, -0.05) is 186 Å². The van der Waals surface area contributed by atoms with Crippen LogP contribution in [0.15, 0.2) is 24.3 Å². The second-order valence-electron chi connectivity index (χ2n) is 12.3. The Labute approximate surface area is 241 Å². The van der Waals surface area contributed by atoms with E-state index < -0.39 is 0 Å². The van der Waals surface area contributed by atoms with Crippen LogP contribution in [0.25, 0.3) is 0 Å². The average molecular weight is 528 g/mol. The van der Waals surface area contributed by atoms with Crippen LogP contribution in [-0.4, -0.2) is 13.1 Å². The van der Waals surface area contributed by atoms with Gasteiger partial charge in [0.15, 0.2) is 0 Å². The predicted molar refractivity (Wildman–Crippen MR) is 175 cm³/mol. The molecular formula is C37H69N. The molecule has 1 heteroatoms. The summed E-state index contributed by atoms with van der Waals surface area (Å²) in [5.41, 5.74) is 2.81. The van der Waals surface area contributed by atoms with E-state index in [1.165, 1.54) is 191 Å². The molecule has 0 aliphatic carbocycles. The SMILES string of the molecule is CCCCCCCCCCCCCCCCCCN(CCCCCCCCCCCC)c1ccc(C)cc1. The van der Waals surface area contributed by atoms with Gasteiger partial charge in [-0.15, -0.1) is 0 Å². The molecule has 1 nitrogen and oxygen atoms in total. The highest BCUT2D eigenvalue weighted by Crippen LogP contribution is 2.19. The quantitative estimate of drug-likeness (QED) is 0.0936. The van der Waals surface area contributed by atoms with E-state index in [1.807, 2.05) is 0 Å². The Hall–Kier alpha value is -0.980. The van der Waals surface area contributed by atoms with Gasteiger partial charge in [0.05, 0.1) is 0 Å². The first-order valence-corrected chi connectivity index (χ1v) is 17.6. The summed E-state index contributed by atoms with van der Waals surface area (Å²) in [6.45, 7) is 9.28. The Balaban J connectivity index is 2.05. The number of aryl methyl sites for hydroxylation is 1. The molecule has 0 fully saturated rings. The van der Waals surface area contributed by atoms with Gasteiger partial charge in [-0.2, -0.15) is 0 Å². The fourth-order valence-corrected chi connectivity index (χ4v) is 5.77. The fraction of sp³-hybridized carbons (Fsp3) is 0.838. The maximum Gasteiger partial charge on any atom is 0.0366 e. The number of hydrogen-bond acceptors (Lipinski definition) is 1. The predicted octanol–water partition coefficient (Wildman–Crippen LogP) is 13.0. The maximum atomic E-state index is 2.67. The summed E-state index contributed by atoms with van der Waals surface area (Å²) in [6.07, 6.45) is 37.3. The highest BCUT2D eigenvalue weighted by atomic mass is 15.1. The normalized spacial score (nSPS) is 11.3. The number of unbranched alkanes of at least 4 members (excludes halogenated alkanes) is 24. The van der Waals surface area contributed by atoms with Crippen LogP contribution in [0.3, 0.4) is 0 Å². The van der Waals surface area contributed by atoms with E-state index in [4.69, 9.17) is 0 Å². The Bertz CT molecular complexity index is 577. The van der Waals surface area contributed by atoms with Crippen LogP contribution in [0.4, 0.5) is 5.69 Å². The van der Waals surface area contributed by atoms with E-state index in [2.05, 4.69) is 49.9 Å². The van der Waals surface area contributed by atoms with Crippen molar-refractivity contribution in [3.8, 4) is 0 Å². The van der Waals surface area contributed by atoms with E-state index in [1.54, 1.807) is 0 Å². The molecule has 1 rings (SSSR count). The van der Waals surface area contributed by atoms with Gasteiger partial charge in [-0.3, -0.25) is 0 Å². The largest absolute Gasteiger partial charge is 0.372 e. The number of benzene rings is 1. The lowest BCUT2D eigenvalue weighted by Crippen LogP contribution is -2.25. The Kier molecular flexibility index (Phi) is 25.4. The van der Waals surface area contributed by atoms with Crippen molar-refractivity contribution in [1.82, 2.24) is 0 Å². The Morgan fingerprint density at radius 3 is 0.921 bits per heavy atom. The number of hydrogen-bond donors (Lipinski definition) is 0. The molecule has 0 aromatic heterocycles. The van der Waals surface area contributed by atoms with Crippen LogP contribution in [0.1, 0.15) is 186 Å². The molecule has 0 amide bonds. The molecule has 0 atom stereocenters. The third-order valence-corrected chi connectivity index (χ3v) is 8.46. The van der Waals surface area contributed by atoms with Crippen molar-refractivity contribution in [3.05, 3.63) is 29.8 Å². The van der Waals surface area contributed by atoms with E-state index in [9.17, 15) is 0 Å². The number of rotatable bonds is 29. The molecule has 0 aliphatic rings. The van der Waals surface area contributed by atoms with Crippen LogP contribution >= 0.6 is 0 Å². The molecule has 0 saturated heterocycles. The monoisotopic (exact) mass is 528 g/mol. The Morgan fingerprint density at radius 1 is 0.368 bits per heavy atom. The van der Waals surface area contributed by atoms with Crippen molar-refractivity contribution in [3.63, 3.8) is 0 Å². The Morgan fingerprint density at radius 2 is 0.632 bits per heavy atom. The van der Waals surface area contributed by atoms with Crippen molar-refractivity contribution < 1.29 is 0 Å². The van der Waals surface area contributed by atoms with Gasteiger partial charge < -0.3 is 4.90 Å². The van der Waals surface area contributed by atoms with Crippen LogP contribution in [-0.2, 0) is 0 Å². The lowest BCUT2D eigenvalue weighted by Gasteiger charge is -2.25.